The first-order valence-corrected chi connectivity index (χ1v) is 18.0. The van der Waals surface area contributed by atoms with E-state index in [0.717, 1.165) is 0 Å². The molecule has 2 aromatic rings. The van der Waals surface area contributed by atoms with Crippen molar-refractivity contribution in [3.63, 3.8) is 0 Å². The van der Waals surface area contributed by atoms with Gasteiger partial charge < -0.3 is 27.9 Å². The molecule has 0 aliphatic heterocycles. The normalized spacial score (nSPS) is 17.4. The third-order valence-electron chi connectivity index (χ3n) is 7.57. The van der Waals surface area contributed by atoms with Crippen molar-refractivity contribution in [1.82, 2.24) is 0 Å². The van der Waals surface area contributed by atoms with Crippen molar-refractivity contribution in [2.45, 2.75) is 115 Å². The topological polar surface area (TPSA) is 85.2 Å². The third kappa shape index (κ3) is 7.42. The van der Waals surface area contributed by atoms with E-state index in [0.29, 0.717) is 24.4 Å². The summed E-state index contributed by atoms with van der Waals surface area (Å²) >= 11 is 0. The van der Waals surface area contributed by atoms with Crippen LogP contribution in [0.4, 0.5) is 0 Å². The molecule has 6 nitrogen and oxygen atoms in total. The number of aliphatic hydroxyl groups is 2. The van der Waals surface area contributed by atoms with Crippen molar-refractivity contribution >= 4 is 16.6 Å². The molecule has 2 N–H and O–H groups in total. The standard InChI is InChI=1S/C26H46O6Si2/c1-25(2,3)33(7,8)31-23(17-19(27)21-13-11-15-29-21)24(32-34(9,10)26(4,5)6)18-20(28)22-14-12-16-30-22/h11-16,19-20,23-24,27-28H,17-18H2,1-10H3/t19-,20+,23-,24-/m1/s1. The molecule has 2 heterocycles. The van der Waals surface area contributed by atoms with E-state index in [1.807, 2.05) is 0 Å². The van der Waals surface area contributed by atoms with Gasteiger partial charge in [-0.2, -0.15) is 0 Å². The molecule has 0 radical (unpaired) electrons. The smallest absolute Gasteiger partial charge is 0.192 e. The maximum atomic E-state index is 11.0. The highest BCUT2D eigenvalue weighted by atomic mass is 28.4. The van der Waals surface area contributed by atoms with E-state index in [-0.39, 0.29) is 10.1 Å². The van der Waals surface area contributed by atoms with Gasteiger partial charge in [0.15, 0.2) is 16.6 Å². The van der Waals surface area contributed by atoms with Crippen LogP contribution in [-0.4, -0.2) is 39.1 Å². The first-order valence-electron chi connectivity index (χ1n) is 12.2. The van der Waals surface area contributed by atoms with Crippen LogP contribution in [0.1, 0.15) is 78.1 Å². The van der Waals surface area contributed by atoms with Crippen LogP contribution in [0.15, 0.2) is 45.6 Å². The quantitative estimate of drug-likeness (QED) is 0.311. The molecule has 34 heavy (non-hydrogen) atoms. The Hall–Kier alpha value is -1.17. The van der Waals surface area contributed by atoms with Gasteiger partial charge >= 0.3 is 0 Å². The van der Waals surface area contributed by atoms with Gasteiger partial charge in [0.1, 0.15) is 23.7 Å². The summed E-state index contributed by atoms with van der Waals surface area (Å²) in [7, 11) is -4.46. The molecule has 4 atom stereocenters. The number of aliphatic hydroxyl groups excluding tert-OH is 2. The highest BCUT2D eigenvalue weighted by Crippen LogP contribution is 2.43. The minimum Gasteiger partial charge on any atom is -0.467 e. The van der Waals surface area contributed by atoms with E-state index in [9.17, 15) is 10.2 Å². The summed E-state index contributed by atoms with van der Waals surface area (Å²) in [6, 6.07) is 7.09. The highest BCUT2D eigenvalue weighted by Gasteiger charge is 2.45. The van der Waals surface area contributed by atoms with Crippen molar-refractivity contribution < 1.29 is 27.9 Å². The predicted molar refractivity (Wildman–Crippen MR) is 141 cm³/mol. The monoisotopic (exact) mass is 510 g/mol. The Morgan fingerprint density at radius 2 is 1.03 bits per heavy atom. The molecule has 2 aromatic heterocycles. The van der Waals surface area contributed by atoms with Gasteiger partial charge in [0.05, 0.1) is 24.7 Å². The van der Waals surface area contributed by atoms with Gasteiger partial charge in [0, 0.05) is 12.8 Å². The maximum absolute atomic E-state index is 11.0. The molecule has 8 heteroatoms. The zero-order valence-electron chi connectivity index (χ0n) is 22.7. The van der Waals surface area contributed by atoms with Gasteiger partial charge in [-0.15, -0.1) is 0 Å². The first-order chi connectivity index (χ1) is 15.4. The summed E-state index contributed by atoms with van der Waals surface area (Å²) in [5, 5.41) is 22.0. The molecule has 2 rings (SSSR count). The van der Waals surface area contributed by atoms with Gasteiger partial charge in [0.2, 0.25) is 0 Å². The van der Waals surface area contributed by atoms with Crippen molar-refractivity contribution in [2.24, 2.45) is 0 Å². The van der Waals surface area contributed by atoms with Gasteiger partial charge in [-0.25, -0.2) is 0 Å². The molecule has 0 fully saturated rings. The molecule has 0 saturated carbocycles. The number of rotatable bonds is 11. The lowest BCUT2D eigenvalue weighted by atomic mass is 9.99. The Balaban J connectivity index is 2.45. The van der Waals surface area contributed by atoms with Crippen LogP contribution in [0.25, 0.3) is 0 Å². The third-order valence-corrected chi connectivity index (χ3v) is 16.6. The van der Waals surface area contributed by atoms with Crippen molar-refractivity contribution in [2.75, 3.05) is 0 Å². The van der Waals surface area contributed by atoms with E-state index in [4.69, 9.17) is 17.7 Å². The molecule has 0 spiro atoms. The fraction of sp³-hybridized carbons (Fsp3) is 0.692. The molecule has 0 unspecified atom stereocenters. The zero-order chi connectivity index (χ0) is 25.9. The number of hydrogen-bond acceptors (Lipinski definition) is 6. The first kappa shape index (κ1) is 29.1. The fourth-order valence-electron chi connectivity index (χ4n) is 3.30. The second-order valence-electron chi connectivity index (χ2n) is 12.4. The van der Waals surface area contributed by atoms with E-state index in [1.54, 1.807) is 36.8 Å². The molecule has 0 saturated heterocycles. The van der Waals surface area contributed by atoms with E-state index >= 15 is 0 Å². The van der Waals surface area contributed by atoms with Crippen molar-refractivity contribution in [3.05, 3.63) is 48.3 Å². The van der Waals surface area contributed by atoms with Gasteiger partial charge in [0.25, 0.3) is 0 Å². The second-order valence-corrected chi connectivity index (χ2v) is 21.9. The molecule has 0 aromatic carbocycles. The summed E-state index contributed by atoms with van der Waals surface area (Å²) in [6.45, 7) is 22.0. The van der Waals surface area contributed by atoms with E-state index in [1.165, 1.54) is 0 Å². The van der Waals surface area contributed by atoms with Crippen LogP contribution in [0.5, 0.6) is 0 Å². The largest absolute Gasteiger partial charge is 0.467 e. The Labute approximate surface area is 207 Å². The number of hydrogen-bond donors (Lipinski definition) is 2. The van der Waals surface area contributed by atoms with Gasteiger partial charge in [-0.05, 0) is 60.5 Å². The van der Waals surface area contributed by atoms with Gasteiger partial charge in [-0.3, -0.25) is 0 Å². The lowest BCUT2D eigenvalue weighted by Gasteiger charge is -2.45. The Morgan fingerprint density at radius 3 is 1.26 bits per heavy atom. The van der Waals surface area contributed by atoms with E-state index in [2.05, 4.69) is 67.7 Å². The molecule has 0 aliphatic rings. The Morgan fingerprint density at radius 1 is 0.706 bits per heavy atom. The SMILES string of the molecule is CC(C)(C)[Si](C)(C)O[C@H](C[C@@H](O)c1ccco1)[C@@H](C[C@H](O)c1ccco1)O[Si](C)(C)C(C)(C)C. The maximum Gasteiger partial charge on any atom is 0.192 e. The molecule has 0 aliphatic carbocycles. The average Bonchev–Trinajstić information content (AvgIpc) is 3.38. The van der Waals surface area contributed by atoms with Crippen LogP contribution in [0, 0.1) is 0 Å². The second kappa shape index (κ2) is 10.8. The van der Waals surface area contributed by atoms with Crippen LogP contribution in [0.2, 0.25) is 36.3 Å². The molecular formula is C26H46O6Si2. The minimum atomic E-state index is -2.23. The summed E-state index contributed by atoms with van der Waals surface area (Å²) in [6.07, 6.45) is 1.21. The van der Waals surface area contributed by atoms with Crippen molar-refractivity contribution in [1.29, 1.82) is 0 Å². The molecule has 0 amide bonds. The zero-order valence-corrected chi connectivity index (χ0v) is 24.7. The lowest BCUT2D eigenvalue weighted by molar-refractivity contribution is -0.0278. The lowest BCUT2D eigenvalue weighted by Crippen LogP contribution is -2.52. The number of furan rings is 2. The van der Waals surface area contributed by atoms with Crippen LogP contribution >= 0.6 is 0 Å². The Bertz CT molecular complexity index is 775. The van der Waals surface area contributed by atoms with E-state index < -0.39 is 41.1 Å². The summed E-state index contributed by atoms with van der Waals surface area (Å²) in [5.74, 6) is 1.00. The highest BCUT2D eigenvalue weighted by molar-refractivity contribution is 6.74. The minimum absolute atomic E-state index is 0.0258. The summed E-state index contributed by atoms with van der Waals surface area (Å²) in [5.41, 5.74) is 0. The van der Waals surface area contributed by atoms with Crippen LogP contribution in [-0.2, 0) is 8.85 Å². The van der Waals surface area contributed by atoms with Crippen LogP contribution in [0.3, 0.4) is 0 Å². The summed E-state index contributed by atoms with van der Waals surface area (Å²) < 4.78 is 24.8. The fourth-order valence-corrected chi connectivity index (χ4v) is 6.01. The molecule has 194 valence electrons. The average molecular weight is 511 g/mol. The Kier molecular flexibility index (Phi) is 9.27. The van der Waals surface area contributed by atoms with Gasteiger partial charge in [-0.1, -0.05) is 41.5 Å². The molecular weight excluding hydrogens is 464 g/mol. The predicted octanol–water partition coefficient (Wildman–Crippen LogP) is 7.20. The summed E-state index contributed by atoms with van der Waals surface area (Å²) in [4.78, 5) is 0. The van der Waals surface area contributed by atoms with Crippen molar-refractivity contribution in [3.8, 4) is 0 Å². The molecule has 0 bridgehead atoms. The van der Waals surface area contributed by atoms with Crippen LogP contribution < -0.4 is 0 Å².